The minimum atomic E-state index is -0.591. The van der Waals surface area contributed by atoms with Crippen LogP contribution >= 0.6 is 11.6 Å². The fourth-order valence-electron chi connectivity index (χ4n) is 5.67. The maximum absolute atomic E-state index is 13.5. The normalized spacial score (nSPS) is 29.9. The van der Waals surface area contributed by atoms with Gasteiger partial charge in [-0.05, 0) is 48.4 Å². The monoisotopic (exact) mass is 423 g/mol. The van der Waals surface area contributed by atoms with Crippen LogP contribution in [-0.2, 0) is 16.0 Å². The van der Waals surface area contributed by atoms with Gasteiger partial charge in [0.15, 0.2) is 6.04 Å². The highest BCUT2D eigenvalue weighted by molar-refractivity contribution is 6.30. The topological polar surface area (TPSA) is 58.9 Å². The number of nitrogens with zero attached hydrogens (tertiary/aromatic N) is 1. The van der Waals surface area contributed by atoms with E-state index < -0.39 is 17.9 Å². The van der Waals surface area contributed by atoms with Crippen LogP contribution in [0.25, 0.3) is 0 Å². The van der Waals surface area contributed by atoms with Crippen LogP contribution in [0.1, 0.15) is 35.7 Å². The van der Waals surface area contributed by atoms with Gasteiger partial charge in [0.2, 0.25) is 17.6 Å². The third-order valence-corrected chi connectivity index (χ3v) is 7.31. The number of hydrogen-bond acceptors (Lipinski definition) is 3. The smallest absolute Gasteiger partial charge is 0.244 e. The first-order valence-electron chi connectivity index (χ1n) is 10.6. The quantitative estimate of drug-likeness (QED) is 0.606. The molecule has 5 nitrogen and oxygen atoms in total. The number of benzene rings is 2. The van der Waals surface area contributed by atoms with Gasteiger partial charge in [0.25, 0.3) is 0 Å². The van der Waals surface area contributed by atoms with Crippen LogP contribution < -0.4 is 9.80 Å². The zero-order valence-electron chi connectivity index (χ0n) is 16.8. The SMILES string of the molecule is CCc1ccc(N2C(=O)[C@@H]3[C@@H](C2=O)[C@@H]2CCC[NH+]2[C@@H]3C(=O)c2ccc(Cl)cc2)cc1. The third kappa shape index (κ3) is 2.83. The van der Waals surface area contributed by atoms with Crippen molar-refractivity contribution in [3.63, 3.8) is 0 Å². The lowest BCUT2D eigenvalue weighted by Crippen LogP contribution is -3.16. The Morgan fingerprint density at radius 2 is 1.70 bits per heavy atom. The van der Waals surface area contributed by atoms with Crippen molar-refractivity contribution in [1.82, 2.24) is 0 Å². The minimum Gasteiger partial charge on any atom is -0.322 e. The molecule has 1 unspecified atom stereocenters. The predicted molar refractivity (Wildman–Crippen MR) is 114 cm³/mol. The summed E-state index contributed by atoms with van der Waals surface area (Å²) in [5.74, 6) is -1.45. The van der Waals surface area contributed by atoms with Crippen LogP contribution in [0, 0.1) is 11.8 Å². The molecule has 5 atom stereocenters. The summed E-state index contributed by atoms with van der Waals surface area (Å²) in [4.78, 5) is 42.8. The number of quaternary nitrogens is 1. The highest BCUT2D eigenvalue weighted by atomic mass is 35.5. The lowest BCUT2D eigenvalue weighted by molar-refractivity contribution is -0.915. The van der Waals surface area contributed by atoms with Crippen molar-refractivity contribution in [2.45, 2.75) is 38.3 Å². The van der Waals surface area contributed by atoms with E-state index in [0.29, 0.717) is 16.3 Å². The van der Waals surface area contributed by atoms with Crippen LogP contribution in [-0.4, -0.2) is 36.2 Å². The Kier molecular flexibility index (Phi) is 4.75. The van der Waals surface area contributed by atoms with Gasteiger partial charge in [-0.25, -0.2) is 4.90 Å². The van der Waals surface area contributed by atoms with E-state index in [0.717, 1.165) is 36.3 Å². The first kappa shape index (κ1) is 19.5. The Balaban J connectivity index is 1.52. The van der Waals surface area contributed by atoms with E-state index >= 15 is 0 Å². The number of Topliss-reactive ketones (excluding diaryl/α,β-unsaturated/α-hetero) is 1. The Bertz CT molecular complexity index is 1020. The van der Waals surface area contributed by atoms with Crippen molar-refractivity contribution in [2.75, 3.05) is 11.4 Å². The standard InChI is InChI=1S/C24H23ClN2O3/c1-2-14-5-11-17(12-6-14)27-23(29)19-18-4-3-13-26(18)21(20(19)24(27)30)22(28)15-7-9-16(25)10-8-15/h5-12,18-21H,2-4,13H2,1H3/p+1/t18-,19-,20+,21-/m0/s1. The molecular weight excluding hydrogens is 400 g/mol. The molecule has 0 bridgehead atoms. The summed E-state index contributed by atoms with van der Waals surface area (Å²) < 4.78 is 0. The number of halogens is 1. The van der Waals surface area contributed by atoms with Crippen molar-refractivity contribution in [3.8, 4) is 0 Å². The first-order valence-corrected chi connectivity index (χ1v) is 11.0. The van der Waals surface area contributed by atoms with E-state index in [-0.39, 0.29) is 23.6 Å². The molecule has 3 aliphatic heterocycles. The average molecular weight is 424 g/mol. The van der Waals surface area contributed by atoms with Crippen LogP contribution in [0.4, 0.5) is 5.69 Å². The van der Waals surface area contributed by atoms with Crippen molar-refractivity contribution in [3.05, 3.63) is 64.7 Å². The summed E-state index contributed by atoms with van der Waals surface area (Å²) in [6, 6.07) is 13.9. The lowest BCUT2D eigenvalue weighted by atomic mass is 9.85. The highest BCUT2D eigenvalue weighted by Gasteiger charge is 2.68. The second kappa shape index (κ2) is 7.33. The summed E-state index contributed by atoms with van der Waals surface area (Å²) in [5.41, 5.74) is 2.31. The molecule has 2 aromatic carbocycles. The van der Waals surface area contributed by atoms with E-state index in [9.17, 15) is 14.4 Å². The Labute approximate surface area is 180 Å². The zero-order chi connectivity index (χ0) is 21.0. The third-order valence-electron chi connectivity index (χ3n) is 7.06. The Hall–Kier alpha value is -2.50. The molecule has 30 heavy (non-hydrogen) atoms. The van der Waals surface area contributed by atoms with Gasteiger partial charge in [-0.3, -0.25) is 14.4 Å². The average Bonchev–Trinajstić information content (AvgIpc) is 3.40. The molecule has 1 N–H and O–H groups in total. The number of fused-ring (bicyclic) bond motifs is 3. The van der Waals surface area contributed by atoms with E-state index in [1.807, 2.05) is 24.3 Å². The van der Waals surface area contributed by atoms with E-state index in [2.05, 4.69) is 6.92 Å². The van der Waals surface area contributed by atoms with Crippen molar-refractivity contribution in [1.29, 1.82) is 0 Å². The lowest BCUT2D eigenvalue weighted by Gasteiger charge is -2.25. The summed E-state index contributed by atoms with van der Waals surface area (Å²) in [6.07, 6.45) is 2.74. The van der Waals surface area contributed by atoms with Gasteiger partial charge in [-0.15, -0.1) is 0 Å². The molecule has 3 fully saturated rings. The predicted octanol–water partition coefficient (Wildman–Crippen LogP) is 2.32. The number of aryl methyl sites for hydroxylation is 1. The molecular formula is C24H24ClN2O3+. The summed E-state index contributed by atoms with van der Waals surface area (Å²) in [5, 5.41) is 0.566. The number of amides is 2. The molecule has 2 aromatic rings. The number of hydrogen-bond donors (Lipinski definition) is 1. The second-order valence-electron chi connectivity index (χ2n) is 8.51. The highest BCUT2D eigenvalue weighted by Crippen LogP contribution is 2.40. The molecule has 0 radical (unpaired) electrons. The first-order chi connectivity index (χ1) is 14.5. The Morgan fingerprint density at radius 1 is 1.03 bits per heavy atom. The second-order valence-corrected chi connectivity index (χ2v) is 8.94. The molecule has 3 aliphatic rings. The van der Waals surface area contributed by atoms with E-state index in [1.54, 1.807) is 24.3 Å². The van der Waals surface area contributed by atoms with Gasteiger partial charge in [-0.1, -0.05) is 30.7 Å². The molecule has 0 aromatic heterocycles. The summed E-state index contributed by atoms with van der Waals surface area (Å²) in [7, 11) is 0. The van der Waals surface area contributed by atoms with Gasteiger partial charge in [0.1, 0.15) is 17.9 Å². The fourth-order valence-corrected chi connectivity index (χ4v) is 5.80. The van der Waals surface area contributed by atoms with Crippen LogP contribution in [0.3, 0.4) is 0 Å². The van der Waals surface area contributed by atoms with Gasteiger partial charge in [0.05, 0.1) is 12.2 Å². The number of carbonyl (C=O) groups is 3. The maximum atomic E-state index is 13.5. The number of anilines is 1. The van der Waals surface area contributed by atoms with Gasteiger partial charge in [0, 0.05) is 23.4 Å². The molecule has 0 spiro atoms. The van der Waals surface area contributed by atoms with Crippen molar-refractivity contribution in [2.24, 2.45) is 11.8 Å². The van der Waals surface area contributed by atoms with Crippen LogP contribution in [0.15, 0.2) is 48.5 Å². The molecule has 3 saturated heterocycles. The number of ketones is 1. The van der Waals surface area contributed by atoms with Crippen molar-refractivity contribution < 1.29 is 19.3 Å². The number of carbonyl (C=O) groups excluding carboxylic acids is 3. The number of rotatable bonds is 4. The molecule has 3 heterocycles. The van der Waals surface area contributed by atoms with Crippen LogP contribution in [0.2, 0.25) is 5.02 Å². The number of nitrogens with one attached hydrogen (secondary N) is 1. The fraction of sp³-hybridized carbons (Fsp3) is 0.375. The van der Waals surface area contributed by atoms with Crippen molar-refractivity contribution >= 4 is 34.9 Å². The van der Waals surface area contributed by atoms with Crippen LogP contribution in [0.5, 0.6) is 0 Å². The molecule has 2 amide bonds. The molecule has 154 valence electrons. The summed E-state index contributed by atoms with van der Waals surface area (Å²) in [6.45, 7) is 2.89. The molecule has 0 saturated carbocycles. The number of imide groups is 1. The zero-order valence-corrected chi connectivity index (χ0v) is 17.6. The van der Waals surface area contributed by atoms with Gasteiger partial charge in [-0.2, -0.15) is 0 Å². The van der Waals surface area contributed by atoms with E-state index in [1.165, 1.54) is 4.90 Å². The minimum absolute atomic E-state index is 0.0348. The molecule has 5 rings (SSSR count). The Morgan fingerprint density at radius 3 is 2.37 bits per heavy atom. The molecule has 0 aliphatic carbocycles. The molecule has 6 heteroatoms. The maximum Gasteiger partial charge on any atom is 0.244 e. The van der Waals surface area contributed by atoms with Gasteiger partial charge < -0.3 is 4.90 Å². The van der Waals surface area contributed by atoms with E-state index in [4.69, 9.17) is 11.6 Å². The van der Waals surface area contributed by atoms with Gasteiger partial charge >= 0.3 is 0 Å². The largest absolute Gasteiger partial charge is 0.322 e. The summed E-state index contributed by atoms with van der Waals surface area (Å²) >= 11 is 5.98.